The number of benzene rings is 1. The summed E-state index contributed by atoms with van der Waals surface area (Å²) in [5.41, 5.74) is 1.37. The molecule has 2 aromatic rings. The Balaban J connectivity index is 2.30. The zero-order valence-corrected chi connectivity index (χ0v) is 23.5. The summed E-state index contributed by atoms with van der Waals surface area (Å²) in [5.74, 6) is -1.47. The van der Waals surface area contributed by atoms with Gasteiger partial charge in [-0.05, 0) is 29.9 Å². The van der Waals surface area contributed by atoms with Crippen molar-refractivity contribution in [2.45, 2.75) is 79.3 Å². The van der Waals surface area contributed by atoms with Crippen LogP contribution in [0, 0.1) is 11.3 Å². The first-order valence-corrected chi connectivity index (χ1v) is 12.5. The lowest BCUT2D eigenvalue weighted by molar-refractivity contribution is -0.140. The van der Waals surface area contributed by atoms with Crippen molar-refractivity contribution in [1.29, 1.82) is 0 Å². The third-order valence-electron chi connectivity index (χ3n) is 6.88. The normalized spacial score (nSPS) is 14.6. The molecule has 7 nitrogen and oxygen atoms in total. The Morgan fingerprint density at radius 2 is 1.69 bits per heavy atom. The molecule has 1 unspecified atom stereocenters. The number of likely N-dealkylation sites (N-methyl/N-ethyl adjacent to an activating group) is 1. The van der Waals surface area contributed by atoms with Gasteiger partial charge in [-0.2, -0.15) is 0 Å². The molecule has 198 valence electrons. The van der Waals surface area contributed by atoms with Gasteiger partial charge in [-0.15, -0.1) is 0 Å². The number of aryl methyl sites for hydroxylation is 1. The summed E-state index contributed by atoms with van der Waals surface area (Å²) in [6.07, 6.45) is 3.90. The molecule has 0 saturated heterocycles. The fraction of sp³-hybridized carbons (Fsp3) is 0.552. The number of fused-ring (bicyclic) bond motifs is 1. The quantitative estimate of drug-likeness (QED) is 0.483. The number of aromatic nitrogens is 1. The molecular formula is C29H43N3O4. The van der Waals surface area contributed by atoms with Crippen molar-refractivity contribution in [1.82, 2.24) is 14.8 Å². The fourth-order valence-electron chi connectivity index (χ4n) is 4.67. The molecule has 0 radical (unpaired) electrons. The molecule has 0 aliphatic heterocycles. The van der Waals surface area contributed by atoms with Gasteiger partial charge in [-0.1, -0.05) is 72.7 Å². The highest BCUT2D eigenvalue weighted by Crippen LogP contribution is 2.34. The molecule has 36 heavy (non-hydrogen) atoms. The molecule has 0 saturated carbocycles. The van der Waals surface area contributed by atoms with E-state index in [1.165, 1.54) is 6.92 Å². The lowest BCUT2D eigenvalue weighted by Crippen LogP contribution is -2.56. The van der Waals surface area contributed by atoms with Crippen molar-refractivity contribution in [3.8, 4) is 0 Å². The summed E-state index contributed by atoms with van der Waals surface area (Å²) in [6.45, 7) is 15.3. The number of rotatable bonds is 9. The Bertz CT molecular complexity index is 1150. The fourth-order valence-corrected chi connectivity index (χ4v) is 4.67. The number of aliphatic carboxylic acids is 1. The van der Waals surface area contributed by atoms with Crippen LogP contribution in [0.3, 0.4) is 0 Å². The number of para-hydroxylation sites is 1. The molecule has 0 aliphatic carbocycles. The molecule has 2 atom stereocenters. The van der Waals surface area contributed by atoms with Gasteiger partial charge in [0.25, 0.3) is 0 Å². The van der Waals surface area contributed by atoms with E-state index in [1.807, 2.05) is 67.6 Å². The number of carboxylic acids is 1. The molecule has 2 N–H and O–H groups in total. The average molecular weight is 498 g/mol. The van der Waals surface area contributed by atoms with E-state index >= 15 is 0 Å². The van der Waals surface area contributed by atoms with Crippen LogP contribution in [0.15, 0.2) is 42.1 Å². The van der Waals surface area contributed by atoms with Crippen molar-refractivity contribution in [3.05, 3.63) is 47.7 Å². The van der Waals surface area contributed by atoms with Gasteiger partial charge in [0, 0.05) is 48.6 Å². The van der Waals surface area contributed by atoms with Gasteiger partial charge >= 0.3 is 5.97 Å². The van der Waals surface area contributed by atoms with Gasteiger partial charge in [0.15, 0.2) is 0 Å². The van der Waals surface area contributed by atoms with Gasteiger partial charge in [0.05, 0.1) is 6.04 Å². The van der Waals surface area contributed by atoms with E-state index in [1.54, 1.807) is 18.0 Å². The lowest BCUT2D eigenvalue weighted by Gasteiger charge is -2.38. The minimum atomic E-state index is -1.02. The molecule has 0 spiro atoms. The first-order chi connectivity index (χ1) is 16.5. The molecule has 0 fully saturated rings. The van der Waals surface area contributed by atoms with Crippen molar-refractivity contribution in [3.63, 3.8) is 0 Å². The summed E-state index contributed by atoms with van der Waals surface area (Å²) in [5, 5.41) is 13.5. The Morgan fingerprint density at radius 1 is 1.11 bits per heavy atom. The monoisotopic (exact) mass is 497 g/mol. The van der Waals surface area contributed by atoms with Crippen LogP contribution in [0.4, 0.5) is 0 Å². The molecular weight excluding hydrogens is 454 g/mol. The predicted molar refractivity (Wildman–Crippen MR) is 145 cm³/mol. The van der Waals surface area contributed by atoms with Crippen LogP contribution in [-0.4, -0.2) is 51.5 Å². The third kappa shape index (κ3) is 6.56. The van der Waals surface area contributed by atoms with Gasteiger partial charge < -0.3 is 19.9 Å². The zero-order chi connectivity index (χ0) is 27.6. The maximum atomic E-state index is 13.7. The molecule has 1 aromatic heterocycles. The van der Waals surface area contributed by atoms with Gasteiger partial charge in [-0.25, -0.2) is 4.79 Å². The summed E-state index contributed by atoms with van der Waals surface area (Å²) in [7, 11) is 3.67. The Morgan fingerprint density at radius 3 is 2.22 bits per heavy atom. The van der Waals surface area contributed by atoms with Crippen LogP contribution >= 0.6 is 0 Å². The molecule has 1 heterocycles. The number of hydrogen-bond donors (Lipinski definition) is 2. The summed E-state index contributed by atoms with van der Waals surface area (Å²) in [4.78, 5) is 40.0. The van der Waals surface area contributed by atoms with E-state index < -0.39 is 28.9 Å². The number of carbonyl (C=O) groups excluding carboxylic acids is 2. The highest BCUT2D eigenvalue weighted by Gasteiger charge is 2.38. The first kappa shape index (κ1) is 29.1. The molecule has 2 amide bonds. The van der Waals surface area contributed by atoms with E-state index in [9.17, 15) is 19.5 Å². The number of amides is 2. The topological polar surface area (TPSA) is 91.6 Å². The second kappa shape index (κ2) is 10.9. The van der Waals surface area contributed by atoms with Gasteiger partial charge in [0.2, 0.25) is 11.8 Å². The summed E-state index contributed by atoms with van der Waals surface area (Å²) >= 11 is 0. The van der Waals surface area contributed by atoms with Crippen LogP contribution in [0.5, 0.6) is 0 Å². The number of carboxylic acid groups (broad SMARTS) is 1. The van der Waals surface area contributed by atoms with Gasteiger partial charge in [-0.3, -0.25) is 9.59 Å². The first-order valence-electron chi connectivity index (χ1n) is 12.5. The SMILES string of the molecule is C/C(=C\[C@H](C(C)C)N(C)C(=O)C(NC(=O)CC(C)(C)c1cn(C)c2ccccc12)C(C)(C)C)C(=O)O. The van der Waals surface area contributed by atoms with Crippen LogP contribution in [-0.2, 0) is 26.8 Å². The van der Waals surface area contributed by atoms with Crippen LogP contribution < -0.4 is 5.32 Å². The minimum Gasteiger partial charge on any atom is -0.478 e. The average Bonchev–Trinajstić information content (AvgIpc) is 3.11. The molecule has 0 bridgehead atoms. The Labute approximate surface area is 215 Å². The summed E-state index contributed by atoms with van der Waals surface area (Å²) in [6, 6.07) is 6.95. The number of carbonyl (C=O) groups is 3. The van der Waals surface area contributed by atoms with E-state index in [4.69, 9.17) is 0 Å². The van der Waals surface area contributed by atoms with E-state index in [-0.39, 0.29) is 29.7 Å². The Hall–Kier alpha value is -3.09. The van der Waals surface area contributed by atoms with Crippen molar-refractivity contribution in [2.24, 2.45) is 18.4 Å². The highest BCUT2D eigenvalue weighted by molar-refractivity contribution is 5.91. The predicted octanol–water partition coefficient (Wildman–Crippen LogP) is 4.89. The minimum absolute atomic E-state index is 0.00475. The molecule has 7 heteroatoms. The zero-order valence-electron chi connectivity index (χ0n) is 23.5. The second-order valence-electron chi connectivity index (χ2n) is 11.9. The molecule has 2 rings (SSSR count). The highest BCUT2D eigenvalue weighted by atomic mass is 16.4. The van der Waals surface area contributed by atoms with Crippen molar-refractivity contribution < 1.29 is 19.5 Å². The number of nitrogens with one attached hydrogen (secondary N) is 1. The number of hydrogen-bond acceptors (Lipinski definition) is 3. The Kier molecular flexibility index (Phi) is 8.82. The van der Waals surface area contributed by atoms with Crippen LogP contribution in [0.25, 0.3) is 10.9 Å². The number of nitrogens with zero attached hydrogens (tertiary/aromatic N) is 2. The van der Waals surface area contributed by atoms with Crippen LogP contribution in [0.1, 0.15) is 67.4 Å². The van der Waals surface area contributed by atoms with Crippen molar-refractivity contribution in [2.75, 3.05) is 7.05 Å². The van der Waals surface area contributed by atoms with E-state index in [2.05, 4.69) is 28.2 Å². The molecule has 1 aromatic carbocycles. The van der Waals surface area contributed by atoms with Crippen molar-refractivity contribution >= 4 is 28.7 Å². The standard InChI is InChI=1S/C29H43N3O4/c1-18(2)23(15-19(3)27(35)36)32(10)26(34)25(28(4,5)6)30-24(33)16-29(7,8)21-17-31(9)22-14-12-11-13-20(21)22/h11-15,17-18,23,25H,16H2,1-10H3,(H,30,33)(H,35,36)/b19-15+/t23-,25?/m1/s1. The molecule has 0 aliphatic rings. The summed E-state index contributed by atoms with van der Waals surface area (Å²) < 4.78 is 2.07. The third-order valence-corrected chi connectivity index (χ3v) is 6.88. The second-order valence-corrected chi connectivity index (χ2v) is 11.9. The largest absolute Gasteiger partial charge is 0.478 e. The lowest BCUT2D eigenvalue weighted by atomic mass is 9.80. The van der Waals surface area contributed by atoms with E-state index in [0.717, 1.165) is 16.5 Å². The van der Waals surface area contributed by atoms with Gasteiger partial charge in [0.1, 0.15) is 6.04 Å². The maximum absolute atomic E-state index is 13.7. The van der Waals surface area contributed by atoms with Crippen LogP contribution in [0.2, 0.25) is 0 Å². The van der Waals surface area contributed by atoms with E-state index in [0.29, 0.717) is 0 Å². The maximum Gasteiger partial charge on any atom is 0.331 e. The smallest absolute Gasteiger partial charge is 0.331 e.